The third kappa shape index (κ3) is 3.43. The number of carbonyl (C=O) groups is 3. The van der Waals surface area contributed by atoms with Gasteiger partial charge in [-0.3, -0.25) is 4.79 Å². The fourth-order valence-electron chi connectivity index (χ4n) is 2.40. The van der Waals surface area contributed by atoms with Crippen molar-refractivity contribution in [2.75, 3.05) is 32.1 Å². The Labute approximate surface area is 148 Å². The smallest absolute Gasteiger partial charge is 0.341 e. The first-order valence-electron chi connectivity index (χ1n) is 7.23. The molecule has 0 atom stereocenters. The number of carbonyl (C=O) groups excluding carboxylic acids is 2. The molecule has 1 heterocycles. The number of benzene rings is 1. The van der Waals surface area contributed by atoms with Crippen LogP contribution in [0.4, 0.5) is 23.2 Å². The van der Waals surface area contributed by atoms with Gasteiger partial charge in [-0.1, -0.05) is 0 Å². The molecular weight excluding hydrogens is 380 g/mol. The maximum Gasteiger partial charge on any atom is 0.341 e. The third-order valence-electron chi connectivity index (χ3n) is 3.68. The van der Waals surface area contributed by atoms with Crippen LogP contribution in [0.5, 0.6) is 0 Å². The van der Waals surface area contributed by atoms with Gasteiger partial charge in [-0.15, -0.1) is 0 Å². The van der Waals surface area contributed by atoms with Crippen LogP contribution in [0, 0.1) is 23.3 Å². The minimum atomic E-state index is -2.24. The maximum atomic E-state index is 14.1. The molecule has 1 aliphatic rings. The number of aromatic carboxylic acids is 1. The number of aliphatic hydroxyl groups excluding tert-OH is 1. The average molecular weight is 392 g/mol. The highest BCUT2D eigenvalue weighted by atomic mass is 19.2. The summed E-state index contributed by atoms with van der Waals surface area (Å²) in [7, 11) is 0.967. The van der Waals surface area contributed by atoms with Gasteiger partial charge in [0.1, 0.15) is 16.9 Å². The van der Waals surface area contributed by atoms with Gasteiger partial charge in [0.25, 0.3) is 5.91 Å². The van der Waals surface area contributed by atoms with Crippen LogP contribution in [-0.4, -0.2) is 59.8 Å². The van der Waals surface area contributed by atoms with Gasteiger partial charge in [0.05, 0.1) is 25.8 Å². The summed E-state index contributed by atoms with van der Waals surface area (Å²) < 4.78 is 60.2. The molecule has 1 aliphatic heterocycles. The number of hydrogen-bond donors (Lipinski definition) is 3. The Morgan fingerprint density at radius 1 is 1.15 bits per heavy atom. The third-order valence-corrected chi connectivity index (χ3v) is 3.68. The lowest BCUT2D eigenvalue weighted by Gasteiger charge is -2.16. The quantitative estimate of drug-likeness (QED) is 0.369. The highest BCUT2D eigenvalue weighted by Crippen LogP contribution is 2.31. The molecule has 0 aromatic heterocycles. The summed E-state index contributed by atoms with van der Waals surface area (Å²) in [5, 5.41) is 19.4. The van der Waals surface area contributed by atoms with E-state index in [4.69, 9.17) is 10.2 Å². The number of hydrogen-bond acceptors (Lipinski definition) is 6. The van der Waals surface area contributed by atoms with Crippen molar-refractivity contribution in [1.29, 1.82) is 0 Å². The lowest BCUT2D eigenvalue weighted by Crippen LogP contribution is -2.31. The second-order valence-electron chi connectivity index (χ2n) is 5.23. The number of anilines is 1. The molecule has 0 spiro atoms. The summed E-state index contributed by atoms with van der Waals surface area (Å²) in [5.74, 6) is -12.9. The zero-order chi connectivity index (χ0) is 20.5. The van der Waals surface area contributed by atoms with Crippen LogP contribution >= 0.6 is 0 Å². The number of carboxylic acids is 1. The summed E-state index contributed by atoms with van der Waals surface area (Å²) >= 11 is 0. The minimum absolute atomic E-state index is 0.240. The molecule has 0 saturated carbocycles. The van der Waals surface area contributed by atoms with Crippen LogP contribution in [-0.2, 0) is 14.3 Å². The summed E-state index contributed by atoms with van der Waals surface area (Å²) in [6, 6.07) is 0. The number of β-amino-alcohol motifs (C(OH)–C–C–N with tert-alkyl or cyclic N) is 1. The first-order valence-corrected chi connectivity index (χ1v) is 7.23. The van der Waals surface area contributed by atoms with E-state index in [1.807, 2.05) is 5.32 Å². The van der Waals surface area contributed by atoms with Crippen molar-refractivity contribution < 1.29 is 46.9 Å². The van der Waals surface area contributed by atoms with Crippen LogP contribution in [0.2, 0.25) is 0 Å². The Morgan fingerprint density at radius 2 is 1.70 bits per heavy atom. The first kappa shape index (κ1) is 20.2. The number of amides is 1. The number of rotatable bonds is 6. The van der Waals surface area contributed by atoms with E-state index in [2.05, 4.69) is 4.74 Å². The molecule has 0 fully saturated rings. The van der Waals surface area contributed by atoms with E-state index in [-0.39, 0.29) is 6.54 Å². The van der Waals surface area contributed by atoms with Crippen molar-refractivity contribution in [2.45, 2.75) is 0 Å². The fourth-order valence-corrected chi connectivity index (χ4v) is 2.40. The summed E-state index contributed by atoms with van der Waals surface area (Å²) in [6.07, 6.45) is 0. The van der Waals surface area contributed by atoms with Crippen molar-refractivity contribution in [3.63, 3.8) is 0 Å². The van der Waals surface area contributed by atoms with Crippen molar-refractivity contribution in [3.05, 3.63) is 40.1 Å². The number of nitrogens with one attached hydrogen (secondary N) is 1. The molecule has 0 aliphatic carbocycles. The average Bonchev–Trinajstić information content (AvgIpc) is 2.92. The van der Waals surface area contributed by atoms with Crippen LogP contribution in [0.15, 0.2) is 11.3 Å². The molecule has 2 rings (SSSR count). The van der Waals surface area contributed by atoms with Gasteiger partial charge in [-0.2, -0.15) is 0 Å². The standard InChI is InChI=1S/C15H12F4N2O6/c1-27-15(26)5-4-21(2-3-22)13(23)11(5)20-12-9(18)7(16)6(14(24)25)8(17)10(12)19/h20,22H,2-4H2,1H3,(H,24,25). The van der Waals surface area contributed by atoms with Crippen LogP contribution in [0.1, 0.15) is 10.4 Å². The van der Waals surface area contributed by atoms with Crippen LogP contribution in [0.25, 0.3) is 0 Å². The topological polar surface area (TPSA) is 116 Å². The molecule has 1 aromatic carbocycles. The van der Waals surface area contributed by atoms with Crippen molar-refractivity contribution >= 4 is 23.5 Å². The van der Waals surface area contributed by atoms with Gasteiger partial charge in [0, 0.05) is 6.54 Å². The zero-order valence-electron chi connectivity index (χ0n) is 13.6. The molecule has 0 saturated heterocycles. The molecule has 3 N–H and O–H groups in total. The summed E-state index contributed by atoms with van der Waals surface area (Å²) in [4.78, 5) is 35.7. The van der Waals surface area contributed by atoms with Gasteiger partial charge < -0.3 is 25.2 Å². The molecule has 0 radical (unpaired) electrons. The van der Waals surface area contributed by atoms with Gasteiger partial charge in [-0.05, 0) is 0 Å². The Kier molecular flexibility index (Phi) is 5.69. The minimum Gasteiger partial charge on any atom is -0.477 e. The normalized spacial score (nSPS) is 14.0. The monoisotopic (exact) mass is 392 g/mol. The number of esters is 1. The lowest BCUT2D eigenvalue weighted by molar-refractivity contribution is -0.136. The number of methoxy groups -OCH3 is 1. The van der Waals surface area contributed by atoms with E-state index < -0.39 is 76.8 Å². The zero-order valence-corrected chi connectivity index (χ0v) is 13.6. The van der Waals surface area contributed by atoms with Crippen molar-refractivity contribution in [2.24, 2.45) is 0 Å². The Morgan fingerprint density at radius 3 is 2.15 bits per heavy atom. The Bertz CT molecular complexity index is 841. The van der Waals surface area contributed by atoms with Gasteiger partial charge >= 0.3 is 11.9 Å². The molecule has 146 valence electrons. The van der Waals surface area contributed by atoms with Crippen molar-refractivity contribution in [1.82, 2.24) is 4.90 Å². The maximum absolute atomic E-state index is 14.1. The van der Waals surface area contributed by atoms with E-state index in [0.717, 1.165) is 12.0 Å². The number of halogens is 4. The van der Waals surface area contributed by atoms with Gasteiger partial charge in [0.15, 0.2) is 23.3 Å². The second-order valence-corrected chi connectivity index (χ2v) is 5.23. The molecule has 1 amide bonds. The largest absolute Gasteiger partial charge is 0.477 e. The Balaban J connectivity index is 2.58. The SMILES string of the molecule is COC(=O)C1=C(Nc2c(F)c(F)c(C(=O)O)c(F)c2F)C(=O)N(CCO)C1. The molecule has 0 bridgehead atoms. The number of carboxylic acid groups (broad SMARTS) is 1. The van der Waals surface area contributed by atoms with Gasteiger partial charge in [0.2, 0.25) is 0 Å². The molecule has 0 unspecified atom stereocenters. The second kappa shape index (κ2) is 7.61. The Hall–Kier alpha value is -3.15. The molecule has 27 heavy (non-hydrogen) atoms. The molecule has 12 heteroatoms. The summed E-state index contributed by atoms with van der Waals surface area (Å²) in [5.41, 5.74) is -4.48. The van der Waals surface area contributed by atoms with Crippen LogP contribution in [0.3, 0.4) is 0 Å². The predicted octanol–water partition coefficient (Wildman–Crippen LogP) is 0.615. The van der Waals surface area contributed by atoms with E-state index >= 15 is 0 Å². The lowest BCUT2D eigenvalue weighted by atomic mass is 10.1. The van der Waals surface area contributed by atoms with E-state index in [0.29, 0.717) is 0 Å². The van der Waals surface area contributed by atoms with Gasteiger partial charge in [-0.25, -0.2) is 27.2 Å². The highest BCUT2D eigenvalue weighted by molar-refractivity contribution is 6.08. The van der Waals surface area contributed by atoms with E-state index in [1.165, 1.54) is 0 Å². The number of ether oxygens (including phenoxy) is 1. The summed E-state index contributed by atoms with van der Waals surface area (Å²) in [6.45, 7) is -1.13. The highest BCUT2D eigenvalue weighted by Gasteiger charge is 2.37. The predicted molar refractivity (Wildman–Crippen MR) is 79.6 cm³/mol. The fraction of sp³-hybridized carbons (Fsp3) is 0.267. The van der Waals surface area contributed by atoms with Crippen LogP contribution < -0.4 is 5.32 Å². The van der Waals surface area contributed by atoms with Crippen molar-refractivity contribution in [3.8, 4) is 0 Å². The van der Waals surface area contributed by atoms with E-state index in [1.54, 1.807) is 0 Å². The number of aliphatic hydroxyl groups is 1. The molecule has 8 nitrogen and oxygen atoms in total. The number of nitrogens with zero attached hydrogens (tertiary/aromatic N) is 1. The molecular formula is C15H12F4N2O6. The first-order chi connectivity index (χ1) is 12.6. The molecule has 1 aromatic rings. The van der Waals surface area contributed by atoms with E-state index in [9.17, 15) is 31.9 Å².